The van der Waals surface area contributed by atoms with Gasteiger partial charge in [-0.1, -0.05) is 243 Å². The number of carbonyl (C=O) groups is 2. The van der Waals surface area contributed by atoms with Gasteiger partial charge in [0.15, 0.2) is 6.10 Å². The van der Waals surface area contributed by atoms with Gasteiger partial charge in [0.25, 0.3) is 0 Å². The lowest BCUT2D eigenvalue weighted by Gasteiger charge is -2.18. The van der Waals surface area contributed by atoms with Gasteiger partial charge in [-0.25, -0.2) is 0 Å². The third kappa shape index (κ3) is 48.7. The van der Waals surface area contributed by atoms with Gasteiger partial charge in [0.2, 0.25) is 0 Å². The summed E-state index contributed by atoms with van der Waals surface area (Å²) in [4.78, 5) is 25.4. The van der Waals surface area contributed by atoms with Gasteiger partial charge in [0, 0.05) is 19.4 Å². The second-order valence-corrected chi connectivity index (χ2v) is 17.4. The molecule has 0 N–H and O–H groups in total. The van der Waals surface area contributed by atoms with Crippen LogP contribution in [0.15, 0.2) is 36.5 Å². The largest absolute Gasteiger partial charge is 0.462 e. The van der Waals surface area contributed by atoms with Crippen LogP contribution in [0.4, 0.5) is 0 Å². The van der Waals surface area contributed by atoms with Gasteiger partial charge in [0.1, 0.15) is 6.61 Å². The van der Waals surface area contributed by atoms with Gasteiger partial charge in [0.05, 0.1) is 6.61 Å². The van der Waals surface area contributed by atoms with Crippen LogP contribution >= 0.6 is 0 Å². The molecule has 0 radical (unpaired) electrons. The molecule has 5 heteroatoms. The smallest absolute Gasteiger partial charge is 0.306 e. The summed E-state index contributed by atoms with van der Waals surface area (Å²) in [5.74, 6) is -0.402. The topological polar surface area (TPSA) is 61.8 Å². The van der Waals surface area contributed by atoms with Gasteiger partial charge in [-0.3, -0.25) is 9.59 Å². The molecule has 0 spiro atoms. The number of unbranched alkanes of at least 4 members (excludes halogenated alkanes) is 31. The number of hydrogen-bond donors (Lipinski definition) is 0. The van der Waals surface area contributed by atoms with Crippen molar-refractivity contribution >= 4 is 11.9 Å². The van der Waals surface area contributed by atoms with Gasteiger partial charge < -0.3 is 14.2 Å². The molecule has 0 rings (SSSR count). The van der Waals surface area contributed by atoms with Crippen LogP contribution in [-0.4, -0.2) is 37.9 Å². The van der Waals surface area contributed by atoms with Crippen LogP contribution < -0.4 is 0 Å². The van der Waals surface area contributed by atoms with Crippen molar-refractivity contribution in [1.82, 2.24) is 0 Å². The Kier molecular flexibility index (Phi) is 48.9. The molecule has 0 heterocycles. The Morgan fingerprint density at radius 1 is 0.390 bits per heavy atom. The second-order valence-electron chi connectivity index (χ2n) is 17.4. The molecule has 0 aromatic heterocycles. The highest BCUT2D eigenvalue weighted by atomic mass is 16.6. The summed E-state index contributed by atoms with van der Waals surface area (Å²) in [6, 6.07) is 0. The molecule has 346 valence electrons. The van der Waals surface area contributed by atoms with E-state index in [1.165, 1.54) is 173 Å². The highest BCUT2D eigenvalue weighted by Crippen LogP contribution is 2.16. The van der Waals surface area contributed by atoms with E-state index in [9.17, 15) is 9.59 Å². The molecule has 0 aromatic rings. The van der Waals surface area contributed by atoms with E-state index in [0.29, 0.717) is 19.4 Å². The molecule has 0 aliphatic rings. The third-order valence-electron chi connectivity index (χ3n) is 11.4. The zero-order valence-electron chi connectivity index (χ0n) is 39.8. The highest BCUT2D eigenvalue weighted by molar-refractivity contribution is 5.70. The van der Waals surface area contributed by atoms with Crippen LogP contribution in [0.5, 0.6) is 0 Å². The monoisotopic (exact) mass is 829 g/mol. The van der Waals surface area contributed by atoms with Gasteiger partial charge in [-0.15, -0.1) is 0 Å². The number of allylic oxidation sites excluding steroid dienone is 6. The number of hydrogen-bond acceptors (Lipinski definition) is 5. The summed E-state index contributed by atoms with van der Waals surface area (Å²) in [6.45, 7) is 7.74. The molecule has 0 aliphatic carbocycles. The Balaban J connectivity index is 4.24. The summed E-state index contributed by atoms with van der Waals surface area (Å²) >= 11 is 0. The van der Waals surface area contributed by atoms with E-state index in [1.54, 1.807) is 0 Å². The summed E-state index contributed by atoms with van der Waals surface area (Å²) in [5, 5.41) is 0. The molecule has 0 saturated carbocycles. The molecular formula is C54H100O5. The van der Waals surface area contributed by atoms with Crippen molar-refractivity contribution in [1.29, 1.82) is 0 Å². The van der Waals surface area contributed by atoms with Crippen molar-refractivity contribution in [2.24, 2.45) is 0 Å². The maximum atomic E-state index is 12.8. The molecule has 0 fully saturated rings. The van der Waals surface area contributed by atoms with Crippen LogP contribution in [-0.2, 0) is 23.8 Å². The first-order valence-corrected chi connectivity index (χ1v) is 26.0. The van der Waals surface area contributed by atoms with E-state index in [4.69, 9.17) is 14.2 Å². The van der Waals surface area contributed by atoms with E-state index in [0.717, 1.165) is 64.2 Å². The SMILES string of the molecule is CC/C=C\C/C=C\C/C=C\CCCCCCCC(=O)O[C@H](COCCCCCCCCCCCCCCCCCC)COC(=O)CCCCCCCCCCCCCC. The number of carbonyl (C=O) groups excluding carboxylic acids is 2. The first-order chi connectivity index (χ1) is 29.1. The Labute approximate surface area is 368 Å². The first kappa shape index (κ1) is 57.1. The normalized spacial score (nSPS) is 12.4. The number of rotatable bonds is 48. The fraction of sp³-hybridized carbons (Fsp3) is 0.852. The summed E-state index contributed by atoms with van der Waals surface area (Å²) in [6.07, 6.45) is 60.1. The Morgan fingerprint density at radius 2 is 0.763 bits per heavy atom. The fourth-order valence-corrected chi connectivity index (χ4v) is 7.58. The zero-order valence-corrected chi connectivity index (χ0v) is 39.8. The van der Waals surface area contributed by atoms with Gasteiger partial charge in [-0.05, 0) is 51.4 Å². The molecule has 0 amide bonds. The first-order valence-electron chi connectivity index (χ1n) is 26.0. The Morgan fingerprint density at radius 3 is 1.22 bits per heavy atom. The predicted octanol–water partition coefficient (Wildman–Crippen LogP) is 17.4. The molecule has 0 aromatic carbocycles. The third-order valence-corrected chi connectivity index (χ3v) is 11.4. The van der Waals surface area contributed by atoms with Gasteiger partial charge in [-0.2, -0.15) is 0 Å². The summed E-state index contributed by atoms with van der Waals surface area (Å²) in [5.41, 5.74) is 0. The Hall–Kier alpha value is -1.88. The minimum Gasteiger partial charge on any atom is -0.462 e. The molecule has 0 aliphatic heterocycles. The molecule has 0 saturated heterocycles. The zero-order chi connectivity index (χ0) is 42.8. The van der Waals surface area contributed by atoms with Crippen molar-refractivity contribution in [3.8, 4) is 0 Å². The highest BCUT2D eigenvalue weighted by Gasteiger charge is 2.17. The number of esters is 2. The molecular weight excluding hydrogens is 729 g/mol. The molecule has 1 atom stereocenters. The average Bonchev–Trinajstić information content (AvgIpc) is 3.24. The van der Waals surface area contributed by atoms with E-state index < -0.39 is 6.10 Å². The van der Waals surface area contributed by atoms with Crippen LogP contribution in [0.2, 0.25) is 0 Å². The van der Waals surface area contributed by atoms with Crippen molar-refractivity contribution in [2.45, 2.75) is 277 Å². The van der Waals surface area contributed by atoms with E-state index in [-0.39, 0.29) is 25.2 Å². The van der Waals surface area contributed by atoms with Crippen molar-refractivity contribution in [3.05, 3.63) is 36.5 Å². The number of ether oxygens (including phenoxy) is 3. The second kappa shape index (κ2) is 50.5. The van der Waals surface area contributed by atoms with Crippen molar-refractivity contribution in [3.63, 3.8) is 0 Å². The average molecular weight is 829 g/mol. The van der Waals surface area contributed by atoms with Crippen LogP contribution in [0.1, 0.15) is 271 Å². The lowest BCUT2D eigenvalue weighted by molar-refractivity contribution is -0.163. The molecule has 0 bridgehead atoms. The predicted molar refractivity (Wildman–Crippen MR) is 256 cm³/mol. The minimum absolute atomic E-state index is 0.0843. The van der Waals surface area contributed by atoms with Crippen LogP contribution in [0.3, 0.4) is 0 Å². The van der Waals surface area contributed by atoms with Crippen molar-refractivity contribution < 1.29 is 23.8 Å². The van der Waals surface area contributed by atoms with Crippen LogP contribution in [0.25, 0.3) is 0 Å². The lowest BCUT2D eigenvalue weighted by Crippen LogP contribution is -2.30. The summed E-state index contributed by atoms with van der Waals surface area (Å²) < 4.78 is 17.4. The lowest BCUT2D eigenvalue weighted by atomic mass is 10.0. The van der Waals surface area contributed by atoms with Crippen molar-refractivity contribution in [2.75, 3.05) is 19.8 Å². The maximum Gasteiger partial charge on any atom is 0.306 e. The molecule has 5 nitrogen and oxygen atoms in total. The van der Waals surface area contributed by atoms with E-state index in [2.05, 4.69) is 57.2 Å². The van der Waals surface area contributed by atoms with E-state index >= 15 is 0 Å². The Bertz CT molecular complexity index is 939. The minimum atomic E-state index is -0.538. The quantitative estimate of drug-likeness (QED) is 0.0347. The van der Waals surface area contributed by atoms with Gasteiger partial charge >= 0.3 is 11.9 Å². The fourth-order valence-electron chi connectivity index (χ4n) is 7.58. The molecule has 59 heavy (non-hydrogen) atoms. The molecule has 0 unspecified atom stereocenters. The van der Waals surface area contributed by atoms with E-state index in [1.807, 2.05) is 0 Å². The standard InChI is InChI=1S/C54H100O5/c1-4-7-10-13-16-19-22-25-27-29-31-34-37-40-43-46-49-57-50-52(51-58-53(55)47-44-41-38-35-32-24-21-18-15-12-9-6-3)59-54(56)48-45-42-39-36-33-30-28-26-23-20-17-14-11-8-5-2/h8,11,17,20,26,28,52H,4-7,9-10,12-16,18-19,21-25,27,29-51H2,1-3H3/b11-8-,20-17-,28-26-/t52-/m1/s1. The van der Waals surface area contributed by atoms with Crippen LogP contribution in [0, 0.1) is 0 Å². The maximum absolute atomic E-state index is 12.8. The summed E-state index contributed by atoms with van der Waals surface area (Å²) in [7, 11) is 0.